The summed E-state index contributed by atoms with van der Waals surface area (Å²) in [6.07, 6.45) is 0. The van der Waals surface area contributed by atoms with Gasteiger partial charge in [-0.25, -0.2) is 0 Å². The summed E-state index contributed by atoms with van der Waals surface area (Å²) in [5.74, 6) is 0. The van der Waals surface area contributed by atoms with Gasteiger partial charge in [-0.3, -0.25) is 0 Å². The molecule has 124 valence electrons. The first-order valence-electron chi connectivity index (χ1n) is 1.66. The van der Waals surface area contributed by atoms with Gasteiger partial charge in [0.05, 0.1) is 10.2 Å². The fourth-order valence-electron chi connectivity index (χ4n) is 0. The van der Waals surface area contributed by atoms with E-state index in [0.29, 0.717) is 0 Å². The number of hydrogen-bond donors (Lipinski definition) is 1. The molecule has 0 radical (unpaired) electrons. The van der Waals surface area contributed by atoms with Gasteiger partial charge in [0.15, 0.2) is 0 Å². The van der Waals surface area contributed by atoms with Gasteiger partial charge in [0.2, 0.25) is 0 Å². The topological polar surface area (TPSA) is 353 Å². The van der Waals surface area contributed by atoms with Crippen molar-refractivity contribution in [2.24, 2.45) is 0 Å². The van der Waals surface area contributed by atoms with Crippen molar-refractivity contribution in [3.63, 3.8) is 0 Å². The minimum absolute atomic E-state index is 0. The van der Waals surface area contributed by atoms with E-state index in [4.69, 9.17) is 46.0 Å². The van der Waals surface area contributed by atoms with Crippen LogP contribution in [0.25, 0.3) is 0 Å². The molecule has 0 aromatic carbocycles. The summed E-state index contributed by atoms with van der Waals surface area (Å²) >= 11 is 0. The molecular weight excluding hydrogens is 433 g/mol. The fourth-order valence-corrected chi connectivity index (χ4v) is 0. The molecule has 0 rings (SSSR count). The predicted octanol–water partition coefficient (Wildman–Crippen LogP) is -4.95. The van der Waals surface area contributed by atoms with Crippen LogP contribution in [0.1, 0.15) is 0 Å². The minimum Gasteiger partial charge on any atom is -0.412 e. The van der Waals surface area contributed by atoms with E-state index in [1.165, 1.54) is 0 Å². The summed E-state index contributed by atoms with van der Waals surface area (Å²) in [6, 6.07) is 0. The molecule has 18 heavy (non-hydrogen) atoms. The number of rotatable bonds is 0. The third-order valence-corrected chi connectivity index (χ3v) is 0. The van der Waals surface area contributed by atoms with Crippen molar-refractivity contribution < 1.29 is 85.2 Å². The van der Waals surface area contributed by atoms with Gasteiger partial charge in [-0.15, -0.1) is 10.1 Å². The predicted molar refractivity (Wildman–Crippen MR) is 47.6 cm³/mol. The van der Waals surface area contributed by atoms with Crippen LogP contribution in [0, 0.1) is 78.1 Å². The third kappa shape index (κ3) is 1490. The second-order valence-electron chi connectivity index (χ2n) is 0.685. The van der Waals surface area contributed by atoms with E-state index in [9.17, 15) is 0 Å². The maximum absolute atomic E-state index is 8.36. The van der Waals surface area contributed by atoms with Gasteiger partial charge < -0.3 is 63.2 Å². The maximum Gasteiger partial charge on any atom is 0.291 e. The first-order valence-corrected chi connectivity index (χ1v) is 1.66. The Balaban J connectivity index is -0.00000000827. The molecule has 0 saturated carbocycles. The molecule has 0 aliphatic rings. The van der Waals surface area contributed by atoms with Crippen LogP contribution in [0.5, 0.6) is 0 Å². The van der Waals surface area contributed by atoms with E-state index in [1.54, 1.807) is 0 Å². The average Bonchev–Trinajstić information content (AvgIpc) is 1.54. The molecule has 0 saturated heterocycles. The van der Waals surface area contributed by atoms with E-state index >= 15 is 0 Å². The molecule has 0 aliphatic carbocycles. The normalized spacial score (nSPS) is 4.00. The monoisotopic (exact) mass is 443 g/mol. The molecule has 0 spiro atoms. The van der Waals surface area contributed by atoms with Crippen LogP contribution in [0.3, 0.4) is 0 Å². The summed E-state index contributed by atoms with van der Waals surface area (Å²) in [5, 5.41) is 43.1. The van der Waals surface area contributed by atoms with Gasteiger partial charge in [0, 0.05) is 37.3 Å². The minimum atomic E-state index is -1.75. The Morgan fingerprint density at radius 2 is 0.611 bits per heavy atom. The summed E-state index contributed by atoms with van der Waals surface area (Å²) in [4.78, 5) is 24.9. The molecule has 0 amide bonds. The van der Waals surface area contributed by atoms with Crippen molar-refractivity contribution in [1.82, 2.24) is 0 Å². The van der Waals surface area contributed by atoms with Crippen LogP contribution in [0.2, 0.25) is 0 Å². The number of nitrogens with zero attached hydrogens (tertiary/aromatic N) is 3. The molecule has 0 atom stereocenters. The summed E-state index contributed by atoms with van der Waals surface area (Å²) in [6.45, 7) is 0. The van der Waals surface area contributed by atoms with Gasteiger partial charge in [-0.2, -0.15) is 0 Å². The molecule has 0 aliphatic heterocycles. The van der Waals surface area contributed by atoms with Gasteiger partial charge in [-0.05, 0) is 0 Å². The quantitative estimate of drug-likeness (QED) is 0.275. The van der Waals surface area contributed by atoms with E-state index < -0.39 is 15.3 Å². The zero-order chi connectivity index (χ0) is 10.7. The molecule has 0 bridgehead atoms. The van der Waals surface area contributed by atoms with Gasteiger partial charge in [0.25, 0.3) is 5.09 Å². The molecule has 0 heterocycles. The Morgan fingerprint density at radius 1 is 0.611 bits per heavy atom. The SMILES string of the molecule is O.O.O.O.O.O=[N+]([O-])O.O=[N+]([O-])[O-].O=[N+]([O-])[O-].[Er]. The zero-order valence-corrected chi connectivity index (χ0v) is 9.70. The zero-order valence-electron chi connectivity index (χ0n) is 7.84. The smallest absolute Gasteiger partial charge is 0.291 e. The average molecular weight is 444 g/mol. The second-order valence-corrected chi connectivity index (χ2v) is 0.685. The first-order chi connectivity index (χ1) is 5.20. The standard InChI is InChI=1S/Er.HNO3.2NO3.5H2O/c;3*2-1(3)4;;;;;/h;(H,2,3,4);;;5*1H2/q;;2*-1;;;;;. The second kappa shape index (κ2) is 57.4. The van der Waals surface area contributed by atoms with Crippen molar-refractivity contribution in [1.29, 1.82) is 0 Å². The van der Waals surface area contributed by atoms with Crippen LogP contribution >= 0.6 is 0 Å². The van der Waals surface area contributed by atoms with Crippen molar-refractivity contribution in [2.75, 3.05) is 0 Å². The molecule has 0 aromatic heterocycles. The van der Waals surface area contributed by atoms with Gasteiger partial charge >= 0.3 is 0 Å². The Kier molecular flexibility index (Phi) is 222. The van der Waals surface area contributed by atoms with E-state index in [1.807, 2.05) is 0 Å². The summed E-state index contributed by atoms with van der Waals surface area (Å²) in [5.41, 5.74) is 0. The maximum atomic E-state index is 8.36. The van der Waals surface area contributed by atoms with Crippen molar-refractivity contribution in [2.45, 2.75) is 0 Å². The molecule has 0 fully saturated rings. The Bertz CT molecular complexity index is 115. The molecule has 0 unspecified atom stereocenters. The number of hydrogen-bond acceptors (Lipinski definition) is 8. The van der Waals surface area contributed by atoms with Crippen LogP contribution < -0.4 is 0 Å². The Morgan fingerprint density at radius 3 is 0.611 bits per heavy atom. The van der Waals surface area contributed by atoms with Crippen LogP contribution in [0.15, 0.2) is 0 Å². The molecule has 0 aromatic rings. The Hall–Kier alpha value is -1.35. The van der Waals surface area contributed by atoms with Gasteiger partial charge in [-0.1, -0.05) is 0 Å². The van der Waals surface area contributed by atoms with Gasteiger partial charge in [0.1, 0.15) is 0 Å². The largest absolute Gasteiger partial charge is 0.412 e. The summed E-state index contributed by atoms with van der Waals surface area (Å²) < 4.78 is 0. The molecule has 17 nitrogen and oxygen atoms in total. The van der Waals surface area contributed by atoms with E-state index in [-0.39, 0.29) is 64.7 Å². The van der Waals surface area contributed by atoms with E-state index in [2.05, 4.69) is 0 Å². The van der Waals surface area contributed by atoms with Crippen molar-refractivity contribution in [3.8, 4) is 0 Å². The van der Waals surface area contributed by atoms with E-state index in [0.717, 1.165) is 0 Å². The Labute approximate surface area is 126 Å². The van der Waals surface area contributed by atoms with Crippen molar-refractivity contribution in [3.05, 3.63) is 40.8 Å². The fraction of sp³-hybridized carbons (Fsp3) is 0. The van der Waals surface area contributed by atoms with Crippen LogP contribution in [-0.4, -0.2) is 47.8 Å². The summed E-state index contributed by atoms with van der Waals surface area (Å²) in [7, 11) is 0. The molecule has 18 heteroatoms. The van der Waals surface area contributed by atoms with Crippen LogP contribution in [0.4, 0.5) is 0 Å². The third-order valence-electron chi connectivity index (χ3n) is 0. The molecule has 11 N–H and O–H groups in total. The van der Waals surface area contributed by atoms with Crippen LogP contribution in [-0.2, 0) is 0 Å². The van der Waals surface area contributed by atoms with Crippen molar-refractivity contribution >= 4 is 0 Å². The molecular formula is H11ErN3O14-2. The first kappa shape index (κ1) is 69.7.